The van der Waals surface area contributed by atoms with Gasteiger partial charge in [-0.05, 0) is 55.0 Å². The lowest BCUT2D eigenvalue weighted by Gasteiger charge is -2.28. The predicted molar refractivity (Wildman–Crippen MR) is 134 cm³/mol. The van der Waals surface area contributed by atoms with Crippen LogP contribution in [0.1, 0.15) is 27.9 Å². The first-order valence-corrected chi connectivity index (χ1v) is 11.7. The van der Waals surface area contributed by atoms with Crippen LogP contribution in [0, 0.1) is 6.92 Å². The summed E-state index contributed by atoms with van der Waals surface area (Å²) in [5, 5.41) is 0. The van der Waals surface area contributed by atoms with Gasteiger partial charge in [-0.1, -0.05) is 23.8 Å². The Kier molecular flexibility index (Phi) is 6.43. The number of ether oxygens (including phenoxy) is 4. The average Bonchev–Trinajstić information content (AvgIpc) is 3.50. The van der Waals surface area contributed by atoms with Gasteiger partial charge in [0.2, 0.25) is 12.7 Å². The molecule has 3 aromatic rings. The molecule has 0 radical (unpaired) electrons. The quantitative estimate of drug-likeness (QED) is 0.455. The highest BCUT2D eigenvalue weighted by Gasteiger charge is 2.44. The maximum Gasteiger partial charge on any atom is 0.257 e. The number of nitrogens with zero attached hydrogens (tertiary/aromatic N) is 2. The number of methoxy groups -OCH3 is 2. The first kappa shape index (κ1) is 24.2. The molecule has 0 spiro atoms. The van der Waals surface area contributed by atoms with Gasteiger partial charge in [-0.2, -0.15) is 0 Å². The van der Waals surface area contributed by atoms with E-state index in [4.69, 9.17) is 18.9 Å². The number of hydrogen-bond acceptors (Lipinski definition) is 7. The topological polar surface area (TPSA) is 94.6 Å². The maximum atomic E-state index is 13.9. The largest absolute Gasteiger partial charge is 0.493 e. The van der Waals surface area contributed by atoms with Gasteiger partial charge in [0, 0.05) is 12.1 Å². The molecule has 2 heterocycles. The number of carbonyl (C=O) groups is 3. The van der Waals surface area contributed by atoms with Crippen LogP contribution in [0.3, 0.4) is 0 Å². The molecule has 1 saturated heterocycles. The fourth-order valence-corrected chi connectivity index (χ4v) is 4.52. The summed E-state index contributed by atoms with van der Waals surface area (Å²) in [4.78, 5) is 43.1. The summed E-state index contributed by atoms with van der Waals surface area (Å²) in [5.74, 6) is 0.782. The van der Waals surface area contributed by atoms with E-state index in [1.165, 1.54) is 19.1 Å². The van der Waals surface area contributed by atoms with Crippen molar-refractivity contribution in [3.8, 4) is 23.0 Å². The first-order valence-electron chi connectivity index (χ1n) is 11.7. The van der Waals surface area contributed by atoms with E-state index >= 15 is 0 Å². The van der Waals surface area contributed by atoms with E-state index in [9.17, 15) is 14.4 Å². The van der Waals surface area contributed by atoms with E-state index in [1.54, 1.807) is 48.5 Å². The van der Waals surface area contributed by atoms with E-state index in [1.807, 2.05) is 19.1 Å². The summed E-state index contributed by atoms with van der Waals surface area (Å²) < 4.78 is 21.5. The summed E-state index contributed by atoms with van der Waals surface area (Å²) in [6.07, 6.45) is -0.129. The number of carbonyl (C=O) groups excluding carboxylic acids is 3. The Morgan fingerprint density at radius 2 is 1.68 bits per heavy atom. The van der Waals surface area contributed by atoms with Gasteiger partial charge in [0.1, 0.15) is 6.04 Å². The lowest BCUT2D eigenvalue weighted by molar-refractivity contribution is -0.122. The second-order valence-electron chi connectivity index (χ2n) is 8.81. The third kappa shape index (κ3) is 4.55. The first-order chi connectivity index (χ1) is 17.9. The SMILES string of the molecule is COc1ccc(C(=O)N(Cc2ccc3c(c2)OCO3)C2CC(=O)N(c3ccc(C)cc3)C2=O)cc1OC. The van der Waals surface area contributed by atoms with Gasteiger partial charge in [0.25, 0.3) is 11.8 Å². The molecule has 3 amide bonds. The van der Waals surface area contributed by atoms with Crippen molar-refractivity contribution in [2.24, 2.45) is 0 Å². The number of benzene rings is 3. The van der Waals surface area contributed by atoms with Crippen molar-refractivity contribution in [3.63, 3.8) is 0 Å². The Balaban J connectivity index is 1.51. The molecule has 9 heteroatoms. The fourth-order valence-electron chi connectivity index (χ4n) is 4.52. The number of rotatable bonds is 7. The molecule has 37 heavy (non-hydrogen) atoms. The van der Waals surface area contributed by atoms with Crippen molar-refractivity contribution in [1.29, 1.82) is 0 Å². The highest BCUT2D eigenvalue weighted by Crippen LogP contribution is 2.35. The zero-order valence-electron chi connectivity index (χ0n) is 20.7. The normalized spacial score (nSPS) is 16.2. The van der Waals surface area contributed by atoms with Crippen molar-refractivity contribution < 1.29 is 33.3 Å². The van der Waals surface area contributed by atoms with E-state index in [-0.39, 0.29) is 25.7 Å². The summed E-state index contributed by atoms with van der Waals surface area (Å²) in [7, 11) is 2.99. The molecule has 5 rings (SSSR count). The summed E-state index contributed by atoms with van der Waals surface area (Å²) in [6, 6.07) is 16.3. The van der Waals surface area contributed by atoms with Crippen LogP contribution in [0.4, 0.5) is 5.69 Å². The zero-order chi connectivity index (χ0) is 26.1. The third-order valence-corrected chi connectivity index (χ3v) is 6.47. The number of imide groups is 1. The van der Waals surface area contributed by atoms with Crippen LogP contribution in [0.25, 0.3) is 0 Å². The van der Waals surface area contributed by atoms with E-state index in [0.29, 0.717) is 34.2 Å². The van der Waals surface area contributed by atoms with Gasteiger partial charge in [0.05, 0.1) is 26.3 Å². The van der Waals surface area contributed by atoms with E-state index < -0.39 is 17.9 Å². The molecule has 0 bridgehead atoms. The van der Waals surface area contributed by atoms with Crippen LogP contribution in [-0.4, -0.2) is 49.7 Å². The molecule has 0 aliphatic carbocycles. The van der Waals surface area contributed by atoms with Crippen LogP contribution < -0.4 is 23.8 Å². The molecule has 0 saturated carbocycles. The minimum absolute atomic E-state index is 0.0786. The van der Waals surface area contributed by atoms with Crippen molar-refractivity contribution in [1.82, 2.24) is 4.90 Å². The van der Waals surface area contributed by atoms with Gasteiger partial charge in [-0.25, -0.2) is 4.90 Å². The maximum absolute atomic E-state index is 13.9. The Hall–Kier alpha value is -4.53. The molecule has 1 unspecified atom stereocenters. The minimum Gasteiger partial charge on any atom is -0.493 e. The monoisotopic (exact) mass is 502 g/mol. The highest BCUT2D eigenvalue weighted by atomic mass is 16.7. The zero-order valence-corrected chi connectivity index (χ0v) is 20.7. The molecule has 1 fully saturated rings. The molecule has 1 atom stereocenters. The Bertz CT molecular complexity index is 1370. The number of amides is 3. The van der Waals surface area contributed by atoms with Crippen molar-refractivity contribution >= 4 is 23.4 Å². The third-order valence-electron chi connectivity index (χ3n) is 6.47. The van der Waals surface area contributed by atoms with Crippen LogP contribution in [0.5, 0.6) is 23.0 Å². The number of hydrogen-bond donors (Lipinski definition) is 0. The number of aryl methyl sites for hydroxylation is 1. The lowest BCUT2D eigenvalue weighted by atomic mass is 10.1. The molecule has 2 aliphatic heterocycles. The summed E-state index contributed by atoms with van der Waals surface area (Å²) >= 11 is 0. The fraction of sp³-hybridized carbons (Fsp3) is 0.250. The van der Waals surface area contributed by atoms with Crippen molar-refractivity contribution in [3.05, 3.63) is 77.4 Å². The predicted octanol–water partition coefficient (Wildman–Crippen LogP) is 3.72. The number of fused-ring (bicyclic) bond motifs is 1. The second kappa shape index (κ2) is 9.85. The van der Waals surface area contributed by atoms with E-state index in [0.717, 1.165) is 16.0 Å². The molecule has 9 nitrogen and oxygen atoms in total. The van der Waals surface area contributed by atoms with Gasteiger partial charge < -0.3 is 23.8 Å². The Morgan fingerprint density at radius 3 is 2.41 bits per heavy atom. The van der Waals surface area contributed by atoms with Crippen molar-refractivity contribution in [2.45, 2.75) is 25.9 Å². The summed E-state index contributed by atoms with van der Waals surface area (Å²) in [6.45, 7) is 2.12. The minimum atomic E-state index is -0.986. The standard InChI is InChI=1S/C28H26N2O7/c1-17-4-8-20(9-5-17)30-26(31)14-21(28(30)33)29(15-18-6-10-23-25(12-18)37-16-36-23)27(32)19-7-11-22(34-2)24(13-19)35-3/h4-13,21H,14-16H2,1-3H3. The smallest absolute Gasteiger partial charge is 0.257 e. The highest BCUT2D eigenvalue weighted by molar-refractivity contribution is 6.23. The van der Waals surface area contributed by atoms with Crippen molar-refractivity contribution in [2.75, 3.05) is 25.9 Å². The summed E-state index contributed by atoms with van der Waals surface area (Å²) in [5.41, 5.74) is 2.51. The average molecular weight is 503 g/mol. The molecular weight excluding hydrogens is 476 g/mol. The van der Waals surface area contributed by atoms with Crippen LogP contribution in [-0.2, 0) is 16.1 Å². The van der Waals surface area contributed by atoms with Crippen LogP contribution in [0.2, 0.25) is 0 Å². The van der Waals surface area contributed by atoms with Crippen LogP contribution in [0.15, 0.2) is 60.7 Å². The van der Waals surface area contributed by atoms with Crippen LogP contribution >= 0.6 is 0 Å². The van der Waals surface area contributed by atoms with Gasteiger partial charge in [-0.3, -0.25) is 14.4 Å². The number of anilines is 1. The van der Waals surface area contributed by atoms with Gasteiger partial charge in [0.15, 0.2) is 23.0 Å². The van der Waals surface area contributed by atoms with Gasteiger partial charge in [-0.15, -0.1) is 0 Å². The van der Waals surface area contributed by atoms with Gasteiger partial charge >= 0.3 is 0 Å². The molecule has 190 valence electrons. The second-order valence-corrected chi connectivity index (χ2v) is 8.81. The molecule has 0 N–H and O–H groups in total. The Morgan fingerprint density at radius 1 is 0.946 bits per heavy atom. The molecular formula is C28H26N2O7. The lowest BCUT2D eigenvalue weighted by Crippen LogP contribution is -2.45. The molecule has 2 aliphatic rings. The molecule has 0 aromatic heterocycles. The van der Waals surface area contributed by atoms with E-state index in [2.05, 4.69) is 0 Å². The molecule has 3 aromatic carbocycles. The Labute approximate surface area is 214 Å².